The van der Waals surface area contributed by atoms with Crippen LogP contribution in [-0.2, 0) is 4.79 Å². The quantitative estimate of drug-likeness (QED) is 0.816. The zero-order valence-corrected chi connectivity index (χ0v) is 9.76. The molecule has 16 heavy (non-hydrogen) atoms. The van der Waals surface area contributed by atoms with Gasteiger partial charge in [0.25, 0.3) is 0 Å². The summed E-state index contributed by atoms with van der Waals surface area (Å²) in [5.74, 6) is -0.128. The van der Waals surface area contributed by atoms with E-state index in [2.05, 4.69) is 9.97 Å². The number of rotatable bonds is 4. The Morgan fingerprint density at radius 1 is 1.50 bits per heavy atom. The highest BCUT2D eigenvalue weighted by Crippen LogP contribution is 2.21. The first-order valence-electron chi connectivity index (χ1n) is 4.73. The molecule has 0 fully saturated rings. The Balaban J connectivity index is 3.04. The molecule has 6 heteroatoms. The van der Waals surface area contributed by atoms with Gasteiger partial charge in [0.05, 0.1) is 19.5 Å². The van der Waals surface area contributed by atoms with Gasteiger partial charge in [-0.1, -0.05) is 0 Å². The van der Waals surface area contributed by atoms with Crippen LogP contribution in [0.4, 0.5) is 5.82 Å². The lowest BCUT2D eigenvalue weighted by Crippen LogP contribution is -2.48. The standard InChI is InChI=1S/C10H15N3O3/c1-10(2,9(14)15)13(3)7-5-11-6-8(12-7)16-4/h5-6H,1-4H3,(H,14,15). The van der Waals surface area contributed by atoms with Crippen LogP contribution >= 0.6 is 0 Å². The monoisotopic (exact) mass is 225 g/mol. The first-order chi connectivity index (χ1) is 7.39. The van der Waals surface area contributed by atoms with E-state index in [4.69, 9.17) is 9.84 Å². The molecule has 0 aliphatic heterocycles. The van der Waals surface area contributed by atoms with Crippen LogP contribution in [0.5, 0.6) is 5.88 Å². The van der Waals surface area contributed by atoms with E-state index in [-0.39, 0.29) is 0 Å². The SMILES string of the molecule is COc1cncc(N(C)C(C)(C)C(=O)O)n1. The van der Waals surface area contributed by atoms with Crippen molar-refractivity contribution >= 4 is 11.8 Å². The summed E-state index contributed by atoms with van der Waals surface area (Å²) >= 11 is 0. The minimum atomic E-state index is -1.05. The van der Waals surface area contributed by atoms with Gasteiger partial charge in [0.15, 0.2) is 5.82 Å². The van der Waals surface area contributed by atoms with Crippen molar-refractivity contribution in [1.29, 1.82) is 0 Å². The summed E-state index contributed by atoms with van der Waals surface area (Å²) in [6.45, 7) is 3.19. The van der Waals surface area contributed by atoms with Gasteiger partial charge in [0.2, 0.25) is 5.88 Å². The van der Waals surface area contributed by atoms with Crippen LogP contribution in [0, 0.1) is 0 Å². The Morgan fingerprint density at radius 2 is 2.12 bits per heavy atom. The fraction of sp³-hybridized carbons (Fsp3) is 0.500. The predicted molar refractivity (Wildman–Crippen MR) is 58.7 cm³/mol. The first kappa shape index (κ1) is 12.2. The van der Waals surface area contributed by atoms with E-state index >= 15 is 0 Å². The van der Waals surface area contributed by atoms with Crippen molar-refractivity contribution in [3.8, 4) is 5.88 Å². The summed E-state index contributed by atoms with van der Waals surface area (Å²) < 4.78 is 4.93. The second kappa shape index (κ2) is 4.34. The molecule has 0 aromatic carbocycles. The lowest BCUT2D eigenvalue weighted by molar-refractivity contribution is -0.142. The van der Waals surface area contributed by atoms with Gasteiger partial charge in [-0.25, -0.2) is 4.79 Å². The number of hydrogen-bond donors (Lipinski definition) is 1. The van der Waals surface area contributed by atoms with Gasteiger partial charge in [-0.2, -0.15) is 4.98 Å². The molecular weight excluding hydrogens is 210 g/mol. The van der Waals surface area contributed by atoms with E-state index in [1.54, 1.807) is 20.9 Å². The molecular formula is C10H15N3O3. The number of ether oxygens (including phenoxy) is 1. The lowest BCUT2D eigenvalue weighted by atomic mass is 10.0. The molecule has 1 heterocycles. The number of carboxylic acids is 1. The minimum Gasteiger partial charge on any atom is -0.480 e. The van der Waals surface area contributed by atoms with Crippen LogP contribution in [0.2, 0.25) is 0 Å². The molecule has 0 bridgehead atoms. The van der Waals surface area contributed by atoms with Gasteiger partial charge in [-0.3, -0.25) is 4.98 Å². The fourth-order valence-corrected chi connectivity index (χ4v) is 1.03. The van der Waals surface area contributed by atoms with Crippen molar-refractivity contribution in [3.63, 3.8) is 0 Å². The van der Waals surface area contributed by atoms with Crippen LogP contribution in [-0.4, -0.2) is 40.7 Å². The molecule has 0 atom stereocenters. The molecule has 1 rings (SSSR count). The van der Waals surface area contributed by atoms with Gasteiger partial charge in [0, 0.05) is 7.05 Å². The van der Waals surface area contributed by atoms with E-state index in [1.807, 2.05) is 0 Å². The molecule has 0 aliphatic rings. The highest BCUT2D eigenvalue weighted by molar-refractivity contribution is 5.81. The predicted octanol–water partition coefficient (Wildman–Crippen LogP) is 0.785. The Bertz CT molecular complexity index is 393. The van der Waals surface area contributed by atoms with Crippen molar-refractivity contribution in [3.05, 3.63) is 12.4 Å². The molecule has 0 unspecified atom stereocenters. The van der Waals surface area contributed by atoms with E-state index in [9.17, 15) is 4.79 Å². The summed E-state index contributed by atoms with van der Waals surface area (Å²) in [7, 11) is 3.13. The third kappa shape index (κ3) is 2.21. The van der Waals surface area contributed by atoms with E-state index < -0.39 is 11.5 Å². The molecule has 0 aliphatic carbocycles. The summed E-state index contributed by atoms with van der Waals surface area (Å²) in [4.78, 5) is 20.6. The smallest absolute Gasteiger partial charge is 0.328 e. The average Bonchev–Trinajstić information content (AvgIpc) is 2.27. The Morgan fingerprint density at radius 3 is 2.62 bits per heavy atom. The molecule has 1 aromatic heterocycles. The first-order valence-corrected chi connectivity index (χ1v) is 4.73. The van der Waals surface area contributed by atoms with Crippen molar-refractivity contribution in [2.75, 3.05) is 19.1 Å². The van der Waals surface area contributed by atoms with Crippen LogP contribution in [0.15, 0.2) is 12.4 Å². The maximum atomic E-state index is 11.1. The molecule has 0 radical (unpaired) electrons. The van der Waals surface area contributed by atoms with Gasteiger partial charge >= 0.3 is 5.97 Å². The highest BCUT2D eigenvalue weighted by atomic mass is 16.5. The number of hydrogen-bond acceptors (Lipinski definition) is 5. The largest absolute Gasteiger partial charge is 0.480 e. The van der Waals surface area contributed by atoms with Crippen LogP contribution in [0.1, 0.15) is 13.8 Å². The fourth-order valence-electron chi connectivity index (χ4n) is 1.03. The third-order valence-electron chi connectivity index (χ3n) is 2.51. The minimum absolute atomic E-state index is 0.352. The number of aliphatic carboxylic acids is 1. The molecule has 88 valence electrons. The molecule has 0 saturated carbocycles. The summed E-state index contributed by atoms with van der Waals surface area (Å²) in [5.41, 5.74) is -1.05. The highest BCUT2D eigenvalue weighted by Gasteiger charge is 2.33. The zero-order valence-electron chi connectivity index (χ0n) is 9.76. The third-order valence-corrected chi connectivity index (χ3v) is 2.51. The maximum Gasteiger partial charge on any atom is 0.328 e. The van der Waals surface area contributed by atoms with E-state index in [1.165, 1.54) is 24.4 Å². The number of carboxylic acid groups (broad SMARTS) is 1. The Labute approximate surface area is 93.9 Å². The van der Waals surface area contributed by atoms with Crippen molar-refractivity contribution < 1.29 is 14.6 Å². The second-order valence-electron chi connectivity index (χ2n) is 3.84. The molecule has 0 amide bonds. The lowest BCUT2D eigenvalue weighted by Gasteiger charge is -2.32. The number of carbonyl (C=O) groups is 1. The average molecular weight is 225 g/mol. The molecule has 1 N–H and O–H groups in total. The normalized spacial score (nSPS) is 11.0. The molecule has 0 saturated heterocycles. The van der Waals surface area contributed by atoms with Gasteiger partial charge in [0.1, 0.15) is 5.54 Å². The zero-order chi connectivity index (χ0) is 12.3. The summed E-state index contributed by atoms with van der Waals surface area (Å²) in [5, 5.41) is 9.08. The molecule has 6 nitrogen and oxygen atoms in total. The second-order valence-corrected chi connectivity index (χ2v) is 3.84. The topological polar surface area (TPSA) is 75.5 Å². The van der Waals surface area contributed by atoms with Crippen molar-refractivity contribution in [2.45, 2.75) is 19.4 Å². The van der Waals surface area contributed by atoms with E-state index in [0.717, 1.165) is 0 Å². The van der Waals surface area contributed by atoms with Crippen molar-refractivity contribution in [2.24, 2.45) is 0 Å². The maximum absolute atomic E-state index is 11.1. The van der Waals surface area contributed by atoms with Gasteiger partial charge in [-0.15, -0.1) is 0 Å². The van der Waals surface area contributed by atoms with Crippen LogP contribution in [0.3, 0.4) is 0 Å². The summed E-state index contributed by atoms with van der Waals surface area (Å²) in [6, 6.07) is 0. The number of nitrogens with zero attached hydrogens (tertiary/aromatic N) is 3. The molecule has 0 spiro atoms. The Hall–Kier alpha value is -1.85. The summed E-state index contributed by atoms with van der Waals surface area (Å²) in [6.07, 6.45) is 2.96. The number of methoxy groups -OCH3 is 1. The van der Waals surface area contributed by atoms with Gasteiger partial charge in [-0.05, 0) is 13.8 Å². The van der Waals surface area contributed by atoms with Crippen LogP contribution in [0.25, 0.3) is 0 Å². The van der Waals surface area contributed by atoms with Crippen molar-refractivity contribution in [1.82, 2.24) is 9.97 Å². The van der Waals surface area contributed by atoms with Crippen LogP contribution < -0.4 is 9.64 Å². The number of aromatic nitrogens is 2. The van der Waals surface area contributed by atoms with Gasteiger partial charge < -0.3 is 14.7 Å². The number of likely N-dealkylation sites (N-methyl/N-ethyl adjacent to an activating group) is 1. The molecule has 1 aromatic rings. The van der Waals surface area contributed by atoms with E-state index in [0.29, 0.717) is 11.7 Å². The Kier molecular flexibility index (Phi) is 3.31. The number of anilines is 1.